The van der Waals surface area contributed by atoms with E-state index in [1.807, 2.05) is 6.07 Å². The highest BCUT2D eigenvalue weighted by molar-refractivity contribution is 7.89. The van der Waals surface area contributed by atoms with Gasteiger partial charge in [0.2, 0.25) is 15.9 Å². The van der Waals surface area contributed by atoms with Crippen LogP contribution in [0.5, 0.6) is 0 Å². The number of carbonyl (C=O) groups excluding carboxylic acids is 1. The first-order valence-electron chi connectivity index (χ1n) is 11.0. The zero-order valence-corrected chi connectivity index (χ0v) is 19.3. The number of likely N-dealkylation sites (N-methyl/N-ethyl adjacent to an activating group) is 1. The zero-order chi connectivity index (χ0) is 23.4. The number of aromatic nitrogens is 2. The van der Waals surface area contributed by atoms with Crippen LogP contribution in [-0.4, -0.2) is 59.9 Å². The second kappa shape index (κ2) is 9.84. The SMILES string of the molecule is CN(CCCc1cc(-c2cccc(F)c2)n[nH]1)C(=O)C1CCCN1S(=O)(=O)c1ccccc1. The Morgan fingerprint density at radius 1 is 1.18 bits per heavy atom. The number of hydrogen-bond acceptors (Lipinski definition) is 4. The number of sulfonamides is 1. The summed E-state index contributed by atoms with van der Waals surface area (Å²) in [5.74, 6) is -0.496. The van der Waals surface area contributed by atoms with E-state index < -0.39 is 16.1 Å². The quantitative estimate of drug-likeness (QED) is 0.546. The lowest BCUT2D eigenvalue weighted by atomic mass is 10.1. The molecule has 4 rings (SSSR count). The first kappa shape index (κ1) is 23.1. The molecule has 7 nitrogen and oxygen atoms in total. The predicted molar refractivity (Wildman–Crippen MR) is 123 cm³/mol. The molecule has 0 bridgehead atoms. The number of aryl methyl sites for hydroxylation is 1. The number of halogens is 1. The highest BCUT2D eigenvalue weighted by Gasteiger charge is 2.40. The van der Waals surface area contributed by atoms with Crippen LogP contribution < -0.4 is 0 Å². The molecule has 1 saturated heterocycles. The van der Waals surface area contributed by atoms with Gasteiger partial charge in [-0.25, -0.2) is 12.8 Å². The molecule has 3 aromatic rings. The molecule has 0 aliphatic carbocycles. The summed E-state index contributed by atoms with van der Waals surface area (Å²) in [7, 11) is -2.00. The number of aromatic amines is 1. The van der Waals surface area contributed by atoms with Gasteiger partial charge in [0.1, 0.15) is 11.9 Å². The molecule has 1 aromatic heterocycles. The molecule has 1 fully saturated rings. The van der Waals surface area contributed by atoms with Gasteiger partial charge in [0.05, 0.1) is 10.6 Å². The Hall–Kier alpha value is -3.04. The van der Waals surface area contributed by atoms with Gasteiger partial charge in [0, 0.05) is 31.4 Å². The third-order valence-electron chi connectivity index (χ3n) is 5.91. The van der Waals surface area contributed by atoms with Crippen molar-refractivity contribution in [1.82, 2.24) is 19.4 Å². The monoisotopic (exact) mass is 470 g/mol. The molecule has 0 radical (unpaired) electrons. The van der Waals surface area contributed by atoms with Crippen molar-refractivity contribution in [3.05, 3.63) is 72.2 Å². The van der Waals surface area contributed by atoms with Crippen LogP contribution in [0.2, 0.25) is 0 Å². The van der Waals surface area contributed by atoms with Gasteiger partial charge in [-0.2, -0.15) is 9.40 Å². The van der Waals surface area contributed by atoms with E-state index in [9.17, 15) is 17.6 Å². The fraction of sp³-hybridized carbons (Fsp3) is 0.333. The first-order valence-corrected chi connectivity index (χ1v) is 12.4. The fourth-order valence-corrected chi connectivity index (χ4v) is 5.83. The summed E-state index contributed by atoms with van der Waals surface area (Å²) in [4.78, 5) is 14.9. The van der Waals surface area contributed by atoms with E-state index in [4.69, 9.17) is 0 Å². The van der Waals surface area contributed by atoms with Crippen LogP contribution in [0.4, 0.5) is 4.39 Å². The van der Waals surface area contributed by atoms with Gasteiger partial charge in [-0.3, -0.25) is 9.89 Å². The number of nitrogens with one attached hydrogen (secondary N) is 1. The second-order valence-corrected chi connectivity index (χ2v) is 10.1. The Morgan fingerprint density at radius 2 is 1.97 bits per heavy atom. The largest absolute Gasteiger partial charge is 0.344 e. The van der Waals surface area contributed by atoms with Gasteiger partial charge in [0.25, 0.3) is 0 Å². The summed E-state index contributed by atoms with van der Waals surface area (Å²) >= 11 is 0. The molecule has 1 amide bonds. The summed E-state index contributed by atoms with van der Waals surface area (Å²) < 4.78 is 40.8. The van der Waals surface area contributed by atoms with Crippen molar-refractivity contribution in [3.8, 4) is 11.3 Å². The standard InChI is InChI=1S/C24H27FN4O3S/c1-28(14-6-10-20-17-22(27-26-20)18-8-5-9-19(25)16-18)24(30)23-13-7-15-29(23)33(31,32)21-11-3-2-4-12-21/h2-5,8-9,11-12,16-17,23H,6-7,10,13-15H2,1H3,(H,26,27). The van der Waals surface area contributed by atoms with Crippen LogP contribution in [0.3, 0.4) is 0 Å². The number of nitrogens with zero attached hydrogens (tertiary/aromatic N) is 3. The molecule has 1 aliphatic heterocycles. The number of hydrogen-bond donors (Lipinski definition) is 1. The molecular weight excluding hydrogens is 443 g/mol. The lowest BCUT2D eigenvalue weighted by Gasteiger charge is -2.27. The number of amides is 1. The summed E-state index contributed by atoms with van der Waals surface area (Å²) in [6, 6.07) is 15.7. The smallest absolute Gasteiger partial charge is 0.243 e. The third-order valence-corrected chi connectivity index (χ3v) is 7.83. The van der Waals surface area contributed by atoms with Crippen molar-refractivity contribution in [3.63, 3.8) is 0 Å². The van der Waals surface area contributed by atoms with E-state index in [2.05, 4.69) is 10.2 Å². The van der Waals surface area contributed by atoms with E-state index in [1.165, 1.54) is 16.4 Å². The maximum Gasteiger partial charge on any atom is 0.243 e. The van der Waals surface area contributed by atoms with Crippen LogP contribution in [0.25, 0.3) is 11.3 Å². The summed E-state index contributed by atoms with van der Waals surface area (Å²) in [5, 5.41) is 7.21. The summed E-state index contributed by atoms with van der Waals surface area (Å²) in [6.07, 6.45) is 2.53. The Labute approximate surface area is 193 Å². The van der Waals surface area contributed by atoms with Gasteiger partial charge >= 0.3 is 0 Å². The molecule has 1 atom stereocenters. The van der Waals surface area contributed by atoms with E-state index in [1.54, 1.807) is 54.4 Å². The molecule has 174 valence electrons. The van der Waals surface area contributed by atoms with Crippen LogP contribution in [0.1, 0.15) is 25.0 Å². The van der Waals surface area contributed by atoms with Crippen LogP contribution in [0.15, 0.2) is 65.6 Å². The highest BCUT2D eigenvalue weighted by atomic mass is 32.2. The van der Waals surface area contributed by atoms with Crippen molar-refractivity contribution in [2.75, 3.05) is 20.1 Å². The molecule has 0 saturated carbocycles. The van der Waals surface area contributed by atoms with Gasteiger partial charge in [0.15, 0.2) is 0 Å². The molecule has 33 heavy (non-hydrogen) atoms. The van der Waals surface area contributed by atoms with E-state index in [0.29, 0.717) is 50.0 Å². The average Bonchev–Trinajstić information content (AvgIpc) is 3.49. The maximum atomic E-state index is 13.4. The maximum absolute atomic E-state index is 13.4. The zero-order valence-electron chi connectivity index (χ0n) is 18.4. The Balaban J connectivity index is 1.34. The van der Waals surface area contributed by atoms with Crippen molar-refractivity contribution in [1.29, 1.82) is 0 Å². The summed E-state index contributed by atoms with van der Waals surface area (Å²) in [6.45, 7) is 0.835. The molecule has 9 heteroatoms. The molecule has 1 unspecified atom stereocenters. The lowest BCUT2D eigenvalue weighted by Crippen LogP contribution is -2.46. The Kier molecular flexibility index (Phi) is 6.90. The lowest BCUT2D eigenvalue weighted by molar-refractivity contribution is -0.133. The Bertz CT molecular complexity index is 1210. The van der Waals surface area contributed by atoms with Crippen molar-refractivity contribution < 1.29 is 17.6 Å². The number of benzene rings is 2. The van der Waals surface area contributed by atoms with Crippen molar-refractivity contribution in [2.24, 2.45) is 0 Å². The molecule has 1 aliphatic rings. The van der Waals surface area contributed by atoms with Gasteiger partial charge < -0.3 is 4.90 Å². The minimum absolute atomic E-state index is 0.183. The van der Waals surface area contributed by atoms with Crippen molar-refractivity contribution in [2.45, 2.75) is 36.6 Å². The van der Waals surface area contributed by atoms with E-state index in [-0.39, 0.29) is 16.6 Å². The van der Waals surface area contributed by atoms with Crippen LogP contribution in [-0.2, 0) is 21.2 Å². The fourth-order valence-electron chi connectivity index (χ4n) is 4.16. The normalized spacial score (nSPS) is 16.7. The van der Waals surface area contributed by atoms with E-state index in [0.717, 1.165) is 5.69 Å². The minimum Gasteiger partial charge on any atom is -0.344 e. The van der Waals surface area contributed by atoms with Crippen LogP contribution in [0, 0.1) is 5.82 Å². The first-order chi connectivity index (χ1) is 15.9. The second-order valence-electron chi connectivity index (χ2n) is 8.24. The van der Waals surface area contributed by atoms with E-state index >= 15 is 0 Å². The minimum atomic E-state index is -3.71. The number of carbonyl (C=O) groups is 1. The molecule has 2 aromatic carbocycles. The third kappa shape index (κ3) is 5.15. The highest BCUT2D eigenvalue weighted by Crippen LogP contribution is 2.27. The van der Waals surface area contributed by atoms with Crippen molar-refractivity contribution >= 4 is 15.9 Å². The van der Waals surface area contributed by atoms with Crippen LogP contribution >= 0.6 is 0 Å². The predicted octanol–water partition coefficient (Wildman–Crippen LogP) is 3.46. The number of rotatable bonds is 8. The van der Waals surface area contributed by atoms with Gasteiger partial charge in [-0.1, -0.05) is 30.3 Å². The number of H-pyrrole nitrogens is 1. The molecule has 0 spiro atoms. The average molecular weight is 471 g/mol. The van der Waals surface area contributed by atoms with Gasteiger partial charge in [-0.15, -0.1) is 0 Å². The Morgan fingerprint density at radius 3 is 2.73 bits per heavy atom. The van der Waals surface area contributed by atoms with Gasteiger partial charge in [-0.05, 0) is 56.0 Å². The molecular formula is C24H27FN4O3S. The summed E-state index contributed by atoms with van der Waals surface area (Å²) in [5.41, 5.74) is 2.26. The molecule has 1 N–H and O–H groups in total. The topological polar surface area (TPSA) is 86.4 Å². The molecule has 2 heterocycles.